The first-order valence-electron chi connectivity index (χ1n) is 33.9. The molecule has 6 aliphatic rings. The topological polar surface area (TPSA) is 152 Å². The minimum Gasteiger partial charge on any atom is -0.483 e. The van der Waals surface area contributed by atoms with Gasteiger partial charge in [-0.2, -0.15) is 0 Å². The van der Waals surface area contributed by atoms with Crippen LogP contribution in [0.15, 0.2) is 60.7 Å². The first kappa shape index (κ1) is 60.5. The highest BCUT2D eigenvalue weighted by Crippen LogP contribution is 2.47. The van der Waals surface area contributed by atoms with Crippen LogP contribution in [0.25, 0.3) is 88.7 Å². The fourth-order valence-electron chi connectivity index (χ4n) is 14.6. The third-order valence-corrected chi connectivity index (χ3v) is 19.8. The normalized spacial score (nSPS) is 14.7. The van der Waals surface area contributed by atoms with Gasteiger partial charge in [-0.1, -0.05) is 81.1 Å². The van der Waals surface area contributed by atoms with Crippen molar-refractivity contribution in [3.8, 4) is 23.0 Å². The average Bonchev–Trinajstić information content (AvgIpc) is 1.69. The Morgan fingerprint density at radius 3 is 0.711 bits per heavy atom. The summed E-state index contributed by atoms with van der Waals surface area (Å²) in [6.07, 6.45) is 16.1. The molecule has 20 bridgehead atoms. The molecule has 1 aromatic carbocycles. The number of hydrogen-bond donors (Lipinski definition) is 4. The van der Waals surface area contributed by atoms with Gasteiger partial charge in [0.15, 0.2) is 23.0 Å². The van der Waals surface area contributed by atoms with E-state index in [-0.39, 0.29) is 26.4 Å². The van der Waals surface area contributed by atoms with E-state index in [2.05, 4.69) is 164 Å². The smallest absolute Gasteiger partial charge is 0.187 e. The second kappa shape index (κ2) is 25.5. The maximum Gasteiger partial charge on any atom is 0.187 e. The number of aromatic amines is 4. The molecule has 13 rings (SSSR count). The van der Waals surface area contributed by atoms with E-state index >= 15 is 0 Å². The Hall–Kier alpha value is -8.38. The van der Waals surface area contributed by atoms with Crippen LogP contribution in [-0.2, 0) is 52.1 Å². The van der Waals surface area contributed by atoms with Gasteiger partial charge in [0.05, 0.1) is 67.6 Å². The van der Waals surface area contributed by atoms with Crippen LogP contribution in [0.2, 0.25) is 0 Å². The predicted molar refractivity (Wildman–Crippen MR) is 371 cm³/mol. The Bertz CT molecular complexity index is 3970. The van der Waals surface area contributed by atoms with E-state index in [0.29, 0.717) is 23.0 Å². The molecule has 7 aromatic rings. The molecule has 0 aliphatic carbocycles. The van der Waals surface area contributed by atoms with E-state index in [1.807, 2.05) is 0 Å². The Balaban J connectivity index is 0.974. The van der Waals surface area contributed by atoms with Gasteiger partial charge in [0.1, 0.15) is 26.4 Å². The monoisotopic (exact) mass is 1200 g/mol. The molecule has 0 unspecified atom stereocenters. The van der Waals surface area contributed by atoms with Crippen LogP contribution >= 0.6 is 0 Å². The molecule has 6 aliphatic heterocycles. The second-order valence-corrected chi connectivity index (χ2v) is 25.5. The van der Waals surface area contributed by atoms with Crippen molar-refractivity contribution >= 4 is 88.7 Å². The number of ether oxygens (including phenoxy) is 4. The Morgan fingerprint density at radius 2 is 0.500 bits per heavy atom. The fraction of sp³-hybridized carbons (Fsp3) is 0.410. The van der Waals surface area contributed by atoms with Crippen molar-refractivity contribution in [3.05, 3.63) is 151 Å². The van der Waals surface area contributed by atoms with Crippen molar-refractivity contribution in [1.82, 2.24) is 39.9 Å². The van der Waals surface area contributed by atoms with Gasteiger partial charge >= 0.3 is 0 Å². The van der Waals surface area contributed by atoms with E-state index in [0.717, 1.165) is 215 Å². The third-order valence-electron chi connectivity index (χ3n) is 19.8. The van der Waals surface area contributed by atoms with Gasteiger partial charge in [-0.05, 0) is 255 Å². The van der Waals surface area contributed by atoms with Crippen LogP contribution in [0.5, 0.6) is 23.0 Å². The number of nitrogens with one attached hydrogen (secondary N) is 4. The molecule has 0 atom stereocenters. The zero-order valence-electron chi connectivity index (χ0n) is 55.3. The van der Waals surface area contributed by atoms with E-state index in [1.54, 1.807) is 0 Å². The van der Waals surface area contributed by atoms with Gasteiger partial charge in [-0.15, -0.1) is 0 Å². The zero-order valence-corrected chi connectivity index (χ0v) is 55.3. The van der Waals surface area contributed by atoms with Crippen LogP contribution in [0.3, 0.4) is 0 Å². The molecular formula is C78H90N8O4. The summed E-state index contributed by atoms with van der Waals surface area (Å²) in [7, 11) is 0. The summed E-state index contributed by atoms with van der Waals surface area (Å²) >= 11 is 0. The van der Waals surface area contributed by atoms with Crippen molar-refractivity contribution in [2.45, 2.75) is 212 Å². The molecular weight excluding hydrogens is 1110 g/mol. The fourth-order valence-corrected chi connectivity index (χ4v) is 14.6. The molecule has 0 saturated heterocycles. The molecule has 0 spiro atoms. The van der Waals surface area contributed by atoms with Crippen molar-refractivity contribution in [2.75, 3.05) is 0 Å². The standard InChI is InChI=1S/C78H90N8O4/c1-13-21-25-55-43(9)59-31-71-75-76(72(85-71)32-60-44(10)56(26-22-14-2)68(80-60)36-64-52(18-6)51(17-5)63(83-64)35-67(55)79-59)88-40-48-29-47(39-87-75)49-30-50(48)42-90-78-74-34-62-46(12)58(28-24-16-4)70(82-62)38-66-54(20-8)53(19-7)65(84-66)37-69-57(27-23-15-3)45(11)61(81-69)33-73(86-74)77(78)89-41-49/h29-38,83-86H,13-28,39-42H2,1-12H3. The van der Waals surface area contributed by atoms with Crippen molar-refractivity contribution in [3.63, 3.8) is 0 Å². The number of H-pyrrole nitrogens is 4. The summed E-state index contributed by atoms with van der Waals surface area (Å²) < 4.78 is 28.8. The van der Waals surface area contributed by atoms with Crippen LogP contribution in [0.1, 0.15) is 250 Å². The molecule has 12 nitrogen and oxygen atoms in total. The quantitative estimate of drug-likeness (QED) is 0.0747. The van der Waals surface area contributed by atoms with Crippen molar-refractivity contribution in [2.24, 2.45) is 0 Å². The van der Waals surface area contributed by atoms with E-state index in [1.165, 1.54) is 66.8 Å². The van der Waals surface area contributed by atoms with Gasteiger partial charge in [-0.3, -0.25) is 0 Å². The minimum atomic E-state index is 0.274. The van der Waals surface area contributed by atoms with E-state index in [4.69, 9.17) is 38.9 Å². The number of nitrogens with zero attached hydrogens (tertiary/aromatic N) is 4. The predicted octanol–water partition coefficient (Wildman–Crippen LogP) is 20.6. The lowest BCUT2D eigenvalue weighted by molar-refractivity contribution is 0.252. The number of rotatable bonds is 16. The van der Waals surface area contributed by atoms with Crippen molar-refractivity contribution < 1.29 is 18.9 Å². The van der Waals surface area contributed by atoms with Gasteiger partial charge < -0.3 is 38.9 Å². The average molecular weight is 1200 g/mol. The van der Waals surface area contributed by atoms with E-state index < -0.39 is 0 Å². The summed E-state index contributed by atoms with van der Waals surface area (Å²) in [4.78, 5) is 37.5. The maximum absolute atomic E-state index is 7.20. The second-order valence-electron chi connectivity index (χ2n) is 25.5. The highest BCUT2D eigenvalue weighted by Gasteiger charge is 2.29. The van der Waals surface area contributed by atoms with Crippen LogP contribution in [-0.4, -0.2) is 39.9 Å². The minimum absolute atomic E-state index is 0.274. The molecule has 12 heteroatoms. The number of fused-ring (bicyclic) bond motifs is 28. The molecule has 12 heterocycles. The number of aromatic nitrogens is 8. The van der Waals surface area contributed by atoms with Crippen LogP contribution < -0.4 is 18.9 Å². The molecule has 6 aromatic heterocycles. The highest BCUT2D eigenvalue weighted by molar-refractivity contribution is 5.98. The lowest BCUT2D eigenvalue weighted by Crippen LogP contribution is -2.07. The highest BCUT2D eigenvalue weighted by atomic mass is 16.5. The third kappa shape index (κ3) is 11.0. The molecule has 0 radical (unpaired) electrons. The molecule has 0 amide bonds. The summed E-state index contributed by atoms with van der Waals surface area (Å²) in [5.74, 6) is 2.56. The molecule has 90 heavy (non-hydrogen) atoms. The van der Waals surface area contributed by atoms with Crippen LogP contribution in [0, 0.1) is 0 Å². The first-order chi connectivity index (χ1) is 43.9. The van der Waals surface area contributed by atoms with Crippen LogP contribution in [0.4, 0.5) is 0 Å². The molecule has 466 valence electrons. The maximum atomic E-state index is 7.20. The number of unbranched alkanes of at least 4 members (excludes halogenated alkanes) is 4. The van der Waals surface area contributed by atoms with Gasteiger partial charge in [0.25, 0.3) is 0 Å². The number of hydrogen-bond acceptors (Lipinski definition) is 8. The first-order valence-corrected chi connectivity index (χ1v) is 33.9. The summed E-state index contributed by atoms with van der Waals surface area (Å²) in [6.45, 7) is 28.1. The largest absolute Gasteiger partial charge is 0.483 e. The Morgan fingerprint density at radius 1 is 0.289 bits per heavy atom. The number of allylic oxidation sites excluding steroid dienone is 8. The van der Waals surface area contributed by atoms with Gasteiger partial charge in [0, 0.05) is 22.1 Å². The lowest BCUT2D eigenvalue weighted by Gasteiger charge is -2.14. The SMILES string of the molecule is CCCCC1=C(C)c2cc3[nH]c(cc4nc(cc5[nH]c(cc1n2)c(CC)c5CC)C(CCCC)=C4C)c1c3OCc2cc(c3cc2COc2c(c4cc5nc(cc6[nH]c(cc7nc(cc2[nH]4)C(C)=C7CCCC)c(CC)c6CC)C(CCCC)=C5C)OC3)CO1. The van der Waals surface area contributed by atoms with Crippen molar-refractivity contribution in [1.29, 1.82) is 0 Å². The van der Waals surface area contributed by atoms with Gasteiger partial charge in [-0.25, -0.2) is 19.9 Å². The lowest BCUT2D eigenvalue weighted by atomic mass is 9.99. The summed E-state index contributed by atoms with van der Waals surface area (Å²) in [5.41, 5.74) is 34.6. The number of aryl methyl sites for hydroxylation is 4. The van der Waals surface area contributed by atoms with E-state index in [9.17, 15) is 0 Å². The Kier molecular flexibility index (Phi) is 17.1. The number of benzene rings is 1. The molecule has 0 fully saturated rings. The molecule has 4 N–H and O–H groups in total. The van der Waals surface area contributed by atoms with Gasteiger partial charge in [0.2, 0.25) is 0 Å². The Labute approximate surface area is 530 Å². The summed E-state index contributed by atoms with van der Waals surface area (Å²) in [5, 5.41) is 0. The molecule has 0 saturated carbocycles. The summed E-state index contributed by atoms with van der Waals surface area (Å²) in [6, 6.07) is 22.4. The zero-order chi connectivity index (χ0) is 62.5.